The van der Waals surface area contributed by atoms with Crippen LogP contribution < -0.4 is 5.32 Å². The summed E-state index contributed by atoms with van der Waals surface area (Å²) in [5.41, 5.74) is 2.45. The Balaban J connectivity index is 1.79. The summed E-state index contributed by atoms with van der Waals surface area (Å²) in [5, 5.41) is 2.67. The molecule has 1 aliphatic heterocycles. The summed E-state index contributed by atoms with van der Waals surface area (Å²) in [7, 11) is 0. The Morgan fingerprint density at radius 2 is 1.84 bits per heavy atom. The Labute approximate surface area is 150 Å². The number of halogens is 1. The van der Waals surface area contributed by atoms with Gasteiger partial charge >= 0.3 is 5.97 Å². The standard InChI is InChI=1S/C20H15ClN2O2/c21-16-9-7-15(8-10-16)20(23-13-14-4-3-11-22-12-14)18-6-2-1-5-17(18)19(24)25-20/h1-12,23H,13H2/p+1/t20-/m0/s1. The second kappa shape index (κ2) is 6.31. The maximum Gasteiger partial charge on any atom is 0.344 e. The van der Waals surface area contributed by atoms with Crippen molar-refractivity contribution >= 4 is 17.6 Å². The number of cyclic esters (lactones) is 1. The number of nitrogens with zero attached hydrogens (tertiary/aromatic N) is 1. The molecule has 5 heteroatoms. The van der Waals surface area contributed by atoms with Gasteiger partial charge in [-0.1, -0.05) is 29.8 Å². The van der Waals surface area contributed by atoms with Gasteiger partial charge in [0.2, 0.25) is 0 Å². The number of hydrogen-bond acceptors (Lipinski definition) is 3. The fourth-order valence-corrected chi connectivity index (χ4v) is 3.33. The zero-order valence-corrected chi connectivity index (χ0v) is 14.1. The minimum absolute atomic E-state index is 0.312. The lowest BCUT2D eigenvalue weighted by atomic mass is 9.92. The molecule has 3 aromatic rings. The molecular formula is C20H16ClN2O2+. The summed E-state index contributed by atoms with van der Waals surface area (Å²) in [6, 6.07) is 18.8. The second-order valence-electron chi connectivity index (χ2n) is 5.95. The Morgan fingerprint density at radius 3 is 2.60 bits per heavy atom. The number of carbonyl (C=O) groups excluding carboxylic acids is 1. The predicted octanol–water partition coefficient (Wildman–Crippen LogP) is 2.87. The van der Waals surface area contributed by atoms with Crippen molar-refractivity contribution < 1.29 is 14.8 Å². The molecule has 4 nitrogen and oxygen atoms in total. The van der Waals surface area contributed by atoms with Crippen LogP contribution in [0.4, 0.5) is 0 Å². The first-order valence-electron chi connectivity index (χ1n) is 8.01. The normalized spacial score (nSPS) is 18.7. The summed E-state index contributed by atoms with van der Waals surface area (Å²) in [5.74, 6) is -0.312. The van der Waals surface area contributed by atoms with E-state index in [1.807, 2.05) is 66.1 Å². The summed E-state index contributed by atoms with van der Waals surface area (Å²) in [6.07, 6.45) is 3.55. The van der Waals surface area contributed by atoms with Crippen molar-refractivity contribution in [1.29, 1.82) is 0 Å². The van der Waals surface area contributed by atoms with E-state index in [0.717, 1.165) is 16.7 Å². The number of quaternary nitrogens is 1. The van der Waals surface area contributed by atoms with Gasteiger partial charge in [0.25, 0.3) is 5.72 Å². The Morgan fingerprint density at radius 1 is 1.04 bits per heavy atom. The van der Waals surface area contributed by atoms with E-state index in [1.165, 1.54) is 0 Å². The van der Waals surface area contributed by atoms with Crippen molar-refractivity contribution in [2.45, 2.75) is 12.3 Å². The van der Waals surface area contributed by atoms with Crippen LogP contribution in [0.2, 0.25) is 5.02 Å². The fraction of sp³-hybridized carbons (Fsp3) is 0.100. The summed E-state index contributed by atoms with van der Waals surface area (Å²) in [6.45, 7) is 0.623. The first-order chi connectivity index (χ1) is 12.2. The molecule has 2 aromatic carbocycles. The number of benzene rings is 2. The number of nitrogens with two attached hydrogens (primary N) is 1. The van der Waals surface area contributed by atoms with E-state index in [1.54, 1.807) is 12.3 Å². The van der Waals surface area contributed by atoms with Crippen molar-refractivity contribution in [1.82, 2.24) is 4.98 Å². The van der Waals surface area contributed by atoms with Gasteiger partial charge in [-0.15, -0.1) is 0 Å². The van der Waals surface area contributed by atoms with Crippen molar-refractivity contribution in [3.63, 3.8) is 0 Å². The van der Waals surface area contributed by atoms with Gasteiger partial charge in [0.05, 0.1) is 16.7 Å². The molecule has 1 aliphatic rings. The van der Waals surface area contributed by atoms with E-state index in [-0.39, 0.29) is 5.97 Å². The monoisotopic (exact) mass is 351 g/mol. The number of hydrogen-bond donors (Lipinski definition) is 1. The van der Waals surface area contributed by atoms with Crippen LogP contribution in [-0.4, -0.2) is 11.0 Å². The summed E-state index contributed by atoms with van der Waals surface area (Å²) >= 11 is 6.04. The molecule has 0 saturated heterocycles. The Hall–Kier alpha value is -2.69. The third kappa shape index (κ3) is 2.80. The van der Waals surface area contributed by atoms with E-state index >= 15 is 0 Å². The largest absolute Gasteiger partial charge is 0.397 e. The van der Waals surface area contributed by atoms with Gasteiger partial charge in [-0.05, 0) is 42.5 Å². The molecule has 0 radical (unpaired) electrons. The summed E-state index contributed by atoms with van der Waals surface area (Å²) < 4.78 is 5.91. The number of aromatic nitrogens is 1. The van der Waals surface area contributed by atoms with Crippen LogP contribution in [0.5, 0.6) is 0 Å². The molecule has 0 spiro atoms. The van der Waals surface area contributed by atoms with E-state index in [4.69, 9.17) is 16.3 Å². The SMILES string of the molecule is O=C1O[C@@]([NH2+]Cc2cccnc2)(c2ccc(Cl)cc2)c2ccccc21. The van der Waals surface area contributed by atoms with Crippen LogP contribution in [0.15, 0.2) is 73.1 Å². The zero-order valence-electron chi connectivity index (χ0n) is 13.4. The lowest BCUT2D eigenvalue weighted by Crippen LogP contribution is -2.94. The van der Waals surface area contributed by atoms with Gasteiger partial charge in [0, 0.05) is 23.0 Å². The molecule has 0 bridgehead atoms. The molecule has 0 saturated carbocycles. The van der Waals surface area contributed by atoms with E-state index < -0.39 is 5.72 Å². The van der Waals surface area contributed by atoms with Crippen molar-refractivity contribution in [3.8, 4) is 0 Å². The average Bonchev–Trinajstić information content (AvgIpc) is 2.95. The second-order valence-corrected chi connectivity index (χ2v) is 6.38. The molecule has 0 amide bonds. The molecule has 0 unspecified atom stereocenters. The first-order valence-corrected chi connectivity index (χ1v) is 8.39. The van der Waals surface area contributed by atoms with Crippen LogP contribution in [0, 0.1) is 0 Å². The molecule has 1 aromatic heterocycles. The zero-order chi connectivity index (χ0) is 17.3. The number of esters is 1. The third-order valence-corrected chi connectivity index (χ3v) is 4.67. The van der Waals surface area contributed by atoms with E-state index in [2.05, 4.69) is 4.98 Å². The van der Waals surface area contributed by atoms with Gasteiger partial charge in [-0.3, -0.25) is 10.3 Å². The number of pyridine rings is 1. The van der Waals surface area contributed by atoms with E-state index in [0.29, 0.717) is 17.1 Å². The smallest absolute Gasteiger partial charge is 0.344 e. The quantitative estimate of drug-likeness (QED) is 0.735. The van der Waals surface area contributed by atoms with Crippen molar-refractivity contribution in [2.24, 2.45) is 0 Å². The minimum Gasteiger partial charge on any atom is -0.397 e. The summed E-state index contributed by atoms with van der Waals surface area (Å²) in [4.78, 5) is 16.6. The molecule has 2 N–H and O–H groups in total. The van der Waals surface area contributed by atoms with Crippen LogP contribution in [-0.2, 0) is 17.0 Å². The highest BCUT2D eigenvalue weighted by molar-refractivity contribution is 6.30. The number of ether oxygens (including phenoxy) is 1. The molecule has 4 rings (SSSR count). The Bertz CT molecular complexity index is 912. The van der Waals surface area contributed by atoms with Gasteiger partial charge < -0.3 is 4.74 Å². The van der Waals surface area contributed by atoms with Crippen LogP contribution in [0.25, 0.3) is 0 Å². The maximum atomic E-state index is 12.5. The highest BCUT2D eigenvalue weighted by Gasteiger charge is 2.50. The van der Waals surface area contributed by atoms with Crippen molar-refractivity contribution in [3.05, 3.63) is 100 Å². The first kappa shape index (κ1) is 15.8. The van der Waals surface area contributed by atoms with Gasteiger partial charge in [0.1, 0.15) is 6.54 Å². The predicted molar refractivity (Wildman–Crippen MR) is 94.0 cm³/mol. The molecule has 0 fully saturated rings. The maximum absolute atomic E-state index is 12.5. The highest BCUT2D eigenvalue weighted by atomic mass is 35.5. The van der Waals surface area contributed by atoms with Gasteiger partial charge in [-0.2, -0.15) is 0 Å². The lowest BCUT2D eigenvalue weighted by molar-refractivity contribution is -0.775. The lowest BCUT2D eigenvalue weighted by Gasteiger charge is -2.27. The number of carbonyl (C=O) groups is 1. The minimum atomic E-state index is -0.923. The van der Waals surface area contributed by atoms with Gasteiger partial charge in [0.15, 0.2) is 0 Å². The molecule has 124 valence electrons. The molecule has 25 heavy (non-hydrogen) atoms. The van der Waals surface area contributed by atoms with Crippen LogP contribution >= 0.6 is 11.6 Å². The van der Waals surface area contributed by atoms with E-state index in [9.17, 15) is 4.79 Å². The third-order valence-electron chi connectivity index (χ3n) is 4.42. The molecule has 0 aliphatic carbocycles. The topological polar surface area (TPSA) is 55.8 Å². The van der Waals surface area contributed by atoms with Crippen LogP contribution in [0.3, 0.4) is 0 Å². The highest BCUT2D eigenvalue weighted by Crippen LogP contribution is 2.37. The van der Waals surface area contributed by atoms with Gasteiger partial charge in [-0.25, -0.2) is 4.79 Å². The molecule has 1 atom stereocenters. The number of rotatable bonds is 4. The average molecular weight is 352 g/mol. The molecular weight excluding hydrogens is 336 g/mol. The molecule has 2 heterocycles. The Kier molecular flexibility index (Phi) is 3.99. The van der Waals surface area contributed by atoms with Crippen molar-refractivity contribution in [2.75, 3.05) is 0 Å². The fourth-order valence-electron chi connectivity index (χ4n) is 3.20. The number of fused-ring (bicyclic) bond motifs is 1. The van der Waals surface area contributed by atoms with Crippen LogP contribution in [0.1, 0.15) is 27.0 Å².